The molecule has 1 amide bonds. The predicted octanol–water partition coefficient (Wildman–Crippen LogP) is 4.80. The first-order valence-electron chi connectivity index (χ1n) is 8.27. The minimum absolute atomic E-state index is 0.0495. The Morgan fingerprint density at radius 3 is 2.68 bits per heavy atom. The molecule has 0 saturated heterocycles. The monoisotopic (exact) mass is 368 g/mol. The molecule has 1 aliphatic rings. The standard InChI is InChI=1S/C18H19ClF2N2O2/c1-10-2-4-13(5-3-10)23-17(24)12-6-11-7-14(19)16(25-18(20)21)8-15(11)22-9-12/h6-10,13,18H,2-5H2,1H3,(H,23,24). The summed E-state index contributed by atoms with van der Waals surface area (Å²) >= 11 is 5.96. The maximum Gasteiger partial charge on any atom is 0.387 e. The molecule has 134 valence electrons. The van der Waals surface area contributed by atoms with Crippen molar-refractivity contribution >= 4 is 28.4 Å². The SMILES string of the molecule is CC1CCC(NC(=O)c2cnc3cc(OC(F)F)c(Cl)cc3c2)CC1. The number of ether oxygens (including phenoxy) is 1. The Hall–Kier alpha value is -1.95. The van der Waals surface area contributed by atoms with Crippen molar-refractivity contribution in [2.75, 3.05) is 0 Å². The third-order valence-corrected chi connectivity index (χ3v) is 4.86. The van der Waals surface area contributed by atoms with Crippen molar-refractivity contribution in [2.24, 2.45) is 5.92 Å². The summed E-state index contributed by atoms with van der Waals surface area (Å²) in [5.41, 5.74) is 0.854. The van der Waals surface area contributed by atoms with Gasteiger partial charge in [0.25, 0.3) is 5.91 Å². The van der Waals surface area contributed by atoms with E-state index < -0.39 is 6.61 Å². The van der Waals surface area contributed by atoms with Crippen LogP contribution in [0, 0.1) is 5.92 Å². The first kappa shape index (κ1) is 17.9. The number of hydrogen-bond acceptors (Lipinski definition) is 3. The van der Waals surface area contributed by atoms with Gasteiger partial charge in [0.2, 0.25) is 0 Å². The largest absolute Gasteiger partial charge is 0.433 e. The summed E-state index contributed by atoms with van der Waals surface area (Å²) < 4.78 is 29.1. The molecule has 1 N–H and O–H groups in total. The van der Waals surface area contributed by atoms with Gasteiger partial charge in [-0.05, 0) is 43.7 Å². The molecule has 1 heterocycles. The van der Waals surface area contributed by atoms with Crippen molar-refractivity contribution < 1.29 is 18.3 Å². The molecule has 1 aromatic heterocycles. The van der Waals surface area contributed by atoms with Crippen LogP contribution in [0.2, 0.25) is 5.02 Å². The lowest BCUT2D eigenvalue weighted by atomic mass is 9.87. The minimum Gasteiger partial charge on any atom is -0.433 e. The number of halogens is 3. The maximum absolute atomic E-state index is 12.4. The smallest absolute Gasteiger partial charge is 0.387 e. The molecule has 1 aromatic carbocycles. The van der Waals surface area contributed by atoms with Crippen molar-refractivity contribution in [3.63, 3.8) is 0 Å². The molecule has 0 aliphatic heterocycles. The van der Waals surface area contributed by atoms with Gasteiger partial charge in [-0.2, -0.15) is 8.78 Å². The maximum atomic E-state index is 12.4. The van der Waals surface area contributed by atoms with Gasteiger partial charge in [0.15, 0.2) is 0 Å². The highest BCUT2D eigenvalue weighted by Crippen LogP contribution is 2.31. The molecular weight excluding hydrogens is 350 g/mol. The van der Waals surface area contributed by atoms with Crippen LogP contribution in [-0.4, -0.2) is 23.5 Å². The van der Waals surface area contributed by atoms with Crippen LogP contribution in [0.25, 0.3) is 10.9 Å². The summed E-state index contributed by atoms with van der Waals surface area (Å²) in [5.74, 6) is 0.394. The van der Waals surface area contributed by atoms with Gasteiger partial charge in [0.05, 0.1) is 16.1 Å². The lowest BCUT2D eigenvalue weighted by Gasteiger charge is -2.26. The van der Waals surface area contributed by atoms with E-state index in [1.165, 1.54) is 18.3 Å². The Morgan fingerprint density at radius 2 is 2.00 bits per heavy atom. The topological polar surface area (TPSA) is 51.2 Å². The van der Waals surface area contributed by atoms with Crippen molar-refractivity contribution in [1.82, 2.24) is 10.3 Å². The number of carbonyl (C=O) groups excluding carboxylic acids is 1. The van der Waals surface area contributed by atoms with Gasteiger partial charge in [-0.1, -0.05) is 18.5 Å². The Bertz CT molecular complexity index is 777. The van der Waals surface area contributed by atoms with E-state index in [9.17, 15) is 13.6 Å². The quantitative estimate of drug-likeness (QED) is 0.843. The van der Waals surface area contributed by atoms with Gasteiger partial charge in [-0.3, -0.25) is 9.78 Å². The molecule has 25 heavy (non-hydrogen) atoms. The fourth-order valence-electron chi connectivity index (χ4n) is 3.11. The number of fused-ring (bicyclic) bond motifs is 1. The highest BCUT2D eigenvalue weighted by atomic mass is 35.5. The van der Waals surface area contributed by atoms with Crippen LogP contribution < -0.4 is 10.1 Å². The Balaban J connectivity index is 1.77. The van der Waals surface area contributed by atoms with E-state index in [0.717, 1.165) is 25.7 Å². The van der Waals surface area contributed by atoms with E-state index in [1.807, 2.05) is 0 Å². The molecular formula is C18H19ClF2N2O2. The lowest BCUT2D eigenvalue weighted by molar-refractivity contribution is -0.0497. The van der Waals surface area contributed by atoms with Crippen LogP contribution in [0.4, 0.5) is 8.78 Å². The number of amides is 1. The molecule has 1 aliphatic carbocycles. The summed E-state index contributed by atoms with van der Waals surface area (Å²) in [4.78, 5) is 16.6. The Labute approximate surface area is 149 Å². The van der Waals surface area contributed by atoms with E-state index in [1.54, 1.807) is 6.07 Å². The van der Waals surface area contributed by atoms with Gasteiger partial charge < -0.3 is 10.1 Å². The van der Waals surface area contributed by atoms with Crippen LogP contribution >= 0.6 is 11.6 Å². The molecule has 0 spiro atoms. The van der Waals surface area contributed by atoms with Crippen LogP contribution in [0.1, 0.15) is 43.0 Å². The van der Waals surface area contributed by atoms with E-state index in [2.05, 4.69) is 22.0 Å². The average Bonchev–Trinajstić information content (AvgIpc) is 2.56. The minimum atomic E-state index is -2.96. The molecule has 1 fully saturated rings. The van der Waals surface area contributed by atoms with Gasteiger partial charge in [0, 0.05) is 23.7 Å². The lowest BCUT2D eigenvalue weighted by Crippen LogP contribution is -2.37. The van der Waals surface area contributed by atoms with Crippen molar-refractivity contribution in [3.05, 3.63) is 35.0 Å². The number of nitrogens with zero attached hydrogens (tertiary/aromatic N) is 1. The summed E-state index contributed by atoms with van der Waals surface area (Å²) in [5, 5.41) is 3.68. The van der Waals surface area contributed by atoms with E-state index in [0.29, 0.717) is 22.4 Å². The fraction of sp³-hybridized carbons (Fsp3) is 0.444. The zero-order valence-electron chi connectivity index (χ0n) is 13.8. The van der Waals surface area contributed by atoms with Gasteiger partial charge in [0.1, 0.15) is 5.75 Å². The van der Waals surface area contributed by atoms with E-state index in [4.69, 9.17) is 11.6 Å². The molecule has 7 heteroatoms. The highest BCUT2D eigenvalue weighted by Gasteiger charge is 2.20. The number of pyridine rings is 1. The molecule has 0 atom stereocenters. The van der Waals surface area contributed by atoms with Crippen LogP contribution in [0.15, 0.2) is 24.4 Å². The van der Waals surface area contributed by atoms with Gasteiger partial charge in [-0.25, -0.2) is 0 Å². The number of aromatic nitrogens is 1. The van der Waals surface area contributed by atoms with Gasteiger partial charge in [-0.15, -0.1) is 0 Å². The first-order valence-corrected chi connectivity index (χ1v) is 8.65. The summed E-state index contributed by atoms with van der Waals surface area (Å²) in [6, 6.07) is 4.65. The van der Waals surface area contributed by atoms with Crippen molar-refractivity contribution in [3.8, 4) is 5.75 Å². The molecule has 0 radical (unpaired) electrons. The molecule has 0 bridgehead atoms. The van der Waals surface area contributed by atoms with Crippen LogP contribution in [0.5, 0.6) is 5.75 Å². The second-order valence-electron chi connectivity index (χ2n) is 6.51. The predicted molar refractivity (Wildman–Crippen MR) is 92.3 cm³/mol. The second-order valence-corrected chi connectivity index (χ2v) is 6.92. The van der Waals surface area contributed by atoms with E-state index in [-0.39, 0.29) is 22.7 Å². The number of benzene rings is 1. The Morgan fingerprint density at radius 1 is 1.28 bits per heavy atom. The third-order valence-electron chi connectivity index (χ3n) is 4.56. The molecule has 0 unspecified atom stereocenters. The molecule has 1 saturated carbocycles. The Kier molecular flexibility index (Phi) is 5.37. The normalized spacial score (nSPS) is 20.7. The zero-order valence-corrected chi connectivity index (χ0v) is 14.5. The van der Waals surface area contributed by atoms with Crippen molar-refractivity contribution in [1.29, 1.82) is 0 Å². The average molecular weight is 369 g/mol. The number of hydrogen-bond donors (Lipinski definition) is 1. The summed E-state index contributed by atoms with van der Waals surface area (Å²) in [6.45, 7) is -0.737. The first-order chi connectivity index (χ1) is 11.9. The summed E-state index contributed by atoms with van der Waals surface area (Å²) in [7, 11) is 0. The van der Waals surface area contributed by atoms with Gasteiger partial charge >= 0.3 is 6.61 Å². The zero-order chi connectivity index (χ0) is 18.0. The highest BCUT2D eigenvalue weighted by molar-refractivity contribution is 6.32. The number of carbonyl (C=O) groups is 1. The van der Waals surface area contributed by atoms with E-state index >= 15 is 0 Å². The summed E-state index contributed by atoms with van der Waals surface area (Å²) in [6.07, 6.45) is 5.62. The third kappa shape index (κ3) is 4.37. The number of nitrogens with one attached hydrogen (secondary N) is 1. The number of rotatable bonds is 4. The van der Waals surface area contributed by atoms with Crippen LogP contribution in [0.3, 0.4) is 0 Å². The molecule has 2 aromatic rings. The second kappa shape index (κ2) is 7.52. The van der Waals surface area contributed by atoms with Crippen LogP contribution in [-0.2, 0) is 0 Å². The number of alkyl halides is 2. The van der Waals surface area contributed by atoms with Crippen molar-refractivity contribution in [2.45, 2.75) is 45.3 Å². The molecule has 3 rings (SSSR count). The molecule has 4 nitrogen and oxygen atoms in total. The fourth-order valence-corrected chi connectivity index (χ4v) is 3.33.